The van der Waals surface area contributed by atoms with E-state index < -0.39 is 0 Å². The molecule has 2 rings (SSSR count). The van der Waals surface area contributed by atoms with Crippen molar-refractivity contribution in [1.29, 1.82) is 0 Å². The van der Waals surface area contributed by atoms with Gasteiger partial charge in [-0.1, -0.05) is 26.0 Å². The van der Waals surface area contributed by atoms with Crippen LogP contribution in [0.4, 0.5) is 0 Å². The Morgan fingerprint density at radius 2 is 2.08 bits per heavy atom. The average Bonchev–Trinajstić information content (AvgIpc) is 2.87. The van der Waals surface area contributed by atoms with Gasteiger partial charge >= 0.3 is 0 Å². The van der Waals surface area contributed by atoms with Crippen molar-refractivity contribution in [3.05, 3.63) is 23.8 Å². The highest BCUT2D eigenvalue weighted by atomic mass is 16.5. The van der Waals surface area contributed by atoms with Gasteiger partial charge in [-0.25, -0.2) is 0 Å². The van der Waals surface area contributed by atoms with Gasteiger partial charge in [-0.2, -0.15) is 0 Å². The first kappa shape index (κ1) is 18.6. The molecule has 1 heterocycles. The lowest BCUT2D eigenvalue weighted by Gasteiger charge is -2.18. The number of nitrogens with zero attached hydrogens (tertiary/aromatic N) is 1. The molecule has 134 valence electrons. The Morgan fingerprint density at radius 1 is 1.33 bits per heavy atom. The second-order valence-electron chi connectivity index (χ2n) is 6.80. The molecule has 0 saturated heterocycles. The van der Waals surface area contributed by atoms with Gasteiger partial charge in [0, 0.05) is 18.5 Å². The third kappa shape index (κ3) is 5.13. The molecule has 0 fully saturated rings. The van der Waals surface area contributed by atoms with Crippen LogP contribution in [0, 0.1) is 0 Å². The number of carbonyl (C=O) groups excluding carboxylic acids is 1. The number of carbonyl (C=O) groups is 1. The topological polar surface area (TPSA) is 50.8 Å². The van der Waals surface area contributed by atoms with E-state index >= 15 is 0 Å². The molecule has 0 unspecified atom stereocenters. The summed E-state index contributed by atoms with van der Waals surface area (Å²) in [6.45, 7) is 12.2. The molecule has 1 aliphatic heterocycles. The summed E-state index contributed by atoms with van der Waals surface area (Å²) >= 11 is 0. The summed E-state index contributed by atoms with van der Waals surface area (Å²) in [5.41, 5.74) is 0.922. The van der Waals surface area contributed by atoms with Gasteiger partial charge in [0.2, 0.25) is 0 Å². The number of rotatable bonds is 9. The molecule has 1 aromatic rings. The number of hydrogen-bond donors (Lipinski definition) is 1. The first-order chi connectivity index (χ1) is 11.4. The van der Waals surface area contributed by atoms with Crippen molar-refractivity contribution in [1.82, 2.24) is 10.2 Å². The van der Waals surface area contributed by atoms with E-state index in [0.717, 1.165) is 43.8 Å². The standard InChI is InChI=1S/C19H30N2O3/c1-5-21(6-2)12-8-11-20-17(22)14-23-16-10-7-9-15-13-19(3,4)24-18(15)16/h7,9-10H,5-6,8,11-14H2,1-4H3,(H,20,22). The van der Waals surface area contributed by atoms with E-state index in [0.29, 0.717) is 12.3 Å². The highest BCUT2D eigenvalue weighted by Gasteiger charge is 2.32. The fourth-order valence-electron chi connectivity index (χ4n) is 2.97. The minimum absolute atomic E-state index is 0.0194. The molecule has 0 radical (unpaired) electrons. The second-order valence-corrected chi connectivity index (χ2v) is 6.80. The number of nitrogens with one attached hydrogen (secondary N) is 1. The summed E-state index contributed by atoms with van der Waals surface area (Å²) < 4.78 is 11.6. The van der Waals surface area contributed by atoms with Crippen molar-refractivity contribution in [2.24, 2.45) is 0 Å². The molecule has 0 atom stereocenters. The lowest BCUT2D eigenvalue weighted by molar-refractivity contribution is -0.123. The van der Waals surface area contributed by atoms with Crippen LogP contribution in [-0.2, 0) is 11.2 Å². The predicted molar refractivity (Wildman–Crippen MR) is 95.8 cm³/mol. The highest BCUT2D eigenvalue weighted by Crippen LogP contribution is 2.41. The van der Waals surface area contributed by atoms with Crippen LogP contribution in [0.3, 0.4) is 0 Å². The summed E-state index contributed by atoms with van der Waals surface area (Å²) in [5.74, 6) is 1.33. The van der Waals surface area contributed by atoms with E-state index in [1.807, 2.05) is 18.2 Å². The van der Waals surface area contributed by atoms with Crippen molar-refractivity contribution < 1.29 is 14.3 Å². The largest absolute Gasteiger partial charge is 0.483 e. The van der Waals surface area contributed by atoms with Gasteiger partial charge in [0.05, 0.1) is 0 Å². The number of benzene rings is 1. The molecule has 24 heavy (non-hydrogen) atoms. The molecule has 1 aromatic carbocycles. The SMILES string of the molecule is CCN(CC)CCCNC(=O)COc1cccc2c1OC(C)(C)C2. The van der Waals surface area contributed by atoms with Crippen LogP contribution >= 0.6 is 0 Å². The molecule has 1 amide bonds. The third-order valence-corrected chi connectivity index (χ3v) is 4.28. The summed E-state index contributed by atoms with van der Waals surface area (Å²) in [6.07, 6.45) is 1.81. The van der Waals surface area contributed by atoms with Crippen LogP contribution in [0.1, 0.15) is 39.7 Å². The normalized spacial score (nSPS) is 15.0. The smallest absolute Gasteiger partial charge is 0.257 e. The Labute approximate surface area is 145 Å². The van der Waals surface area contributed by atoms with Gasteiger partial charge in [0.1, 0.15) is 5.60 Å². The molecule has 0 saturated carbocycles. The molecule has 1 aliphatic rings. The van der Waals surface area contributed by atoms with E-state index in [1.165, 1.54) is 0 Å². The van der Waals surface area contributed by atoms with Crippen molar-refractivity contribution >= 4 is 5.91 Å². The Hall–Kier alpha value is -1.75. The maximum absolute atomic E-state index is 11.9. The van der Waals surface area contributed by atoms with Crippen molar-refractivity contribution in [3.8, 4) is 11.5 Å². The van der Waals surface area contributed by atoms with Crippen LogP contribution in [0.15, 0.2) is 18.2 Å². The highest BCUT2D eigenvalue weighted by molar-refractivity contribution is 5.77. The summed E-state index contributed by atoms with van der Waals surface area (Å²) in [5, 5.41) is 2.91. The Bertz CT molecular complexity index is 554. The molecule has 0 aromatic heterocycles. The van der Waals surface area contributed by atoms with E-state index in [4.69, 9.17) is 9.47 Å². The zero-order valence-corrected chi connectivity index (χ0v) is 15.4. The Balaban J connectivity index is 1.75. The maximum Gasteiger partial charge on any atom is 0.257 e. The quantitative estimate of drug-likeness (QED) is 0.705. The average molecular weight is 334 g/mol. The molecule has 5 nitrogen and oxygen atoms in total. The van der Waals surface area contributed by atoms with Gasteiger partial charge < -0.3 is 19.7 Å². The predicted octanol–water partition coefficient (Wildman–Crippen LogP) is 2.63. The van der Waals surface area contributed by atoms with Crippen LogP contribution in [-0.4, -0.2) is 49.2 Å². The summed E-state index contributed by atoms with van der Waals surface area (Å²) in [6, 6.07) is 5.85. The van der Waals surface area contributed by atoms with Gasteiger partial charge in [-0.3, -0.25) is 4.79 Å². The fourth-order valence-corrected chi connectivity index (χ4v) is 2.97. The van der Waals surface area contributed by atoms with E-state index in [-0.39, 0.29) is 18.1 Å². The van der Waals surface area contributed by atoms with Crippen LogP contribution < -0.4 is 14.8 Å². The lowest BCUT2D eigenvalue weighted by Crippen LogP contribution is -2.32. The first-order valence-corrected chi connectivity index (χ1v) is 8.88. The minimum Gasteiger partial charge on any atom is -0.483 e. The first-order valence-electron chi connectivity index (χ1n) is 8.88. The van der Waals surface area contributed by atoms with Crippen LogP contribution in [0.2, 0.25) is 0 Å². The molecule has 0 aliphatic carbocycles. The third-order valence-electron chi connectivity index (χ3n) is 4.28. The fraction of sp³-hybridized carbons (Fsp3) is 0.632. The van der Waals surface area contributed by atoms with Crippen LogP contribution in [0.25, 0.3) is 0 Å². The van der Waals surface area contributed by atoms with Crippen molar-refractivity contribution in [2.75, 3.05) is 32.8 Å². The summed E-state index contributed by atoms with van der Waals surface area (Å²) in [7, 11) is 0. The number of hydrogen-bond acceptors (Lipinski definition) is 4. The van der Waals surface area contributed by atoms with Crippen molar-refractivity contribution in [2.45, 2.75) is 46.1 Å². The molecule has 1 N–H and O–H groups in total. The molecule has 0 spiro atoms. The van der Waals surface area contributed by atoms with Gasteiger partial charge in [0.15, 0.2) is 18.1 Å². The van der Waals surface area contributed by atoms with Gasteiger partial charge in [0.25, 0.3) is 5.91 Å². The van der Waals surface area contributed by atoms with E-state index in [1.54, 1.807) is 0 Å². The van der Waals surface area contributed by atoms with E-state index in [9.17, 15) is 4.79 Å². The number of ether oxygens (including phenoxy) is 2. The van der Waals surface area contributed by atoms with Crippen molar-refractivity contribution in [3.63, 3.8) is 0 Å². The van der Waals surface area contributed by atoms with Gasteiger partial charge in [-0.15, -0.1) is 0 Å². The Kier molecular flexibility index (Phi) is 6.49. The minimum atomic E-state index is -0.214. The number of amides is 1. The molecule has 0 bridgehead atoms. The molecular formula is C19H30N2O3. The zero-order chi connectivity index (χ0) is 17.6. The zero-order valence-electron chi connectivity index (χ0n) is 15.4. The molecular weight excluding hydrogens is 304 g/mol. The molecule has 5 heteroatoms. The summed E-state index contributed by atoms with van der Waals surface area (Å²) in [4.78, 5) is 14.3. The lowest BCUT2D eigenvalue weighted by atomic mass is 10.0. The number of fused-ring (bicyclic) bond motifs is 1. The second kappa shape index (κ2) is 8.38. The monoisotopic (exact) mass is 334 g/mol. The van der Waals surface area contributed by atoms with Crippen LogP contribution in [0.5, 0.6) is 11.5 Å². The maximum atomic E-state index is 11.9. The van der Waals surface area contributed by atoms with Gasteiger partial charge in [-0.05, 0) is 46.0 Å². The number of para-hydroxylation sites is 1. The van der Waals surface area contributed by atoms with E-state index in [2.05, 4.69) is 37.9 Å². The Morgan fingerprint density at radius 3 is 2.79 bits per heavy atom.